The van der Waals surface area contributed by atoms with E-state index in [0.29, 0.717) is 0 Å². The van der Waals surface area contributed by atoms with E-state index in [2.05, 4.69) is 29.4 Å². The van der Waals surface area contributed by atoms with Crippen LogP contribution in [0.3, 0.4) is 0 Å². The van der Waals surface area contributed by atoms with Crippen LogP contribution in [0.25, 0.3) is 11.1 Å². The Morgan fingerprint density at radius 3 is 2.38 bits per heavy atom. The van der Waals surface area contributed by atoms with Gasteiger partial charge in [0.2, 0.25) is 0 Å². The zero-order valence-corrected chi connectivity index (χ0v) is 14.7. The van der Waals surface area contributed by atoms with E-state index in [0.717, 1.165) is 39.7 Å². The van der Waals surface area contributed by atoms with E-state index in [1.165, 1.54) is 16.9 Å². The standard InChI is InChI=1S/C20H20N2OS/c1-3-7-18-19(24-14(2)21-18)20(23)22-17-12-10-16(11-13-17)15-8-5-4-6-9-15/h4-6,8-13H,3,7H2,1-2H3,(H,22,23). The predicted octanol–water partition coefficient (Wildman–Crippen LogP) is 5.32. The Bertz CT molecular complexity index is 823. The molecule has 0 aliphatic heterocycles. The second-order valence-corrected chi connectivity index (χ2v) is 6.86. The Kier molecular flexibility index (Phi) is 5.06. The van der Waals surface area contributed by atoms with E-state index in [9.17, 15) is 4.79 Å². The first kappa shape index (κ1) is 16.4. The molecule has 0 fully saturated rings. The average Bonchev–Trinajstić information content (AvgIpc) is 2.97. The zero-order chi connectivity index (χ0) is 16.9. The summed E-state index contributed by atoms with van der Waals surface area (Å²) in [5, 5.41) is 3.91. The molecule has 1 amide bonds. The van der Waals surface area contributed by atoms with Crippen molar-refractivity contribution in [3.63, 3.8) is 0 Å². The summed E-state index contributed by atoms with van der Waals surface area (Å²) in [6.45, 7) is 4.04. The second kappa shape index (κ2) is 7.41. The summed E-state index contributed by atoms with van der Waals surface area (Å²) in [4.78, 5) is 17.7. The van der Waals surface area contributed by atoms with Gasteiger partial charge in [-0.1, -0.05) is 55.8 Å². The second-order valence-electron chi connectivity index (χ2n) is 5.66. The van der Waals surface area contributed by atoms with Crippen molar-refractivity contribution in [2.45, 2.75) is 26.7 Å². The van der Waals surface area contributed by atoms with Gasteiger partial charge in [0.15, 0.2) is 0 Å². The van der Waals surface area contributed by atoms with Crippen molar-refractivity contribution in [3.8, 4) is 11.1 Å². The largest absolute Gasteiger partial charge is 0.321 e. The lowest BCUT2D eigenvalue weighted by Crippen LogP contribution is -2.12. The van der Waals surface area contributed by atoms with Gasteiger partial charge < -0.3 is 5.32 Å². The van der Waals surface area contributed by atoms with Crippen LogP contribution in [0.5, 0.6) is 0 Å². The molecule has 0 aliphatic carbocycles. The van der Waals surface area contributed by atoms with Crippen LogP contribution in [0.1, 0.15) is 33.7 Å². The Hall–Kier alpha value is -2.46. The van der Waals surface area contributed by atoms with Gasteiger partial charge in [0.25, 0.3) is 5.91 Å². The van der Waals surface area contributed by atoms with Crippen LogP contribution in [0.4, 0.5) is 5.69 Å². The number of nitrogens with zero attached hydrogens (tertiary/aromatic N) is 1. The highest BCUT2D eigenvalue weighted by Gasteiger charge is 2.16. The molecule has 0 unspecified atom stereocenters. The molecular weight excluding hydrogens is 316 g/mol. The highest BCUT2D eigenvalue weighted by molar-refractivity contribution is 7.13. The molecule has 0 spiro atoms. The number of anilines is 1. The van der Waals surface area contributed by atoms with Gasteiger partial charge >= 0.3 is 0 Å². The van der Waals surface area contributed by atoms with E-state index in [4.69, 9.17) is 0 Å². The summed E-state index contributed by atoms with van der Waals surface area (Å²) < 4.78 is 0. The van der Waals surface area contributed by atoms with Gasteiger partial charge in [0.1, 0.15) is 4.88 Å². The number of aromatic nitrogens is 1. The van der Waals surface area contributed by atoms with Crippen LogP contribution in [0.15, 0.2) is 54.6 Å². The number of aryl methyl sites for hydroxylation is 2. The first-order valence-corrected chi connectivity index (χ1v) is 8.92. The van der Waals surface area contributed by atoms with Crippen LogP contribution >= 0.6 is 11.3 Å². The van der Waals surface area contributed by atoms with Crippen molar-refractivity contribution in [1.82, 2.24) is 4.98 Å². The molecule has 4 heteroatoms. The number of amides is 1. The summed E-state index contributed by atoms with van der Waals surface area (Å²) in [5.74, 6) is -0.0727. The molecule has 3 nitrogen and oxygen atoms in total. The lowest BCUT2D eigenvalue weighted by molar-refractivity contribution is 0.102. The molecule has 0 radical (unpaired) electrons. The molecule has 24 heavy (non-hydrogen) atoms. The predicted molar refractivity (Wildman–Crippen MR) is 101 cm³/mol. The summed E-state index contributed by atoms with van der Waals surface area (Å²) in [5.41, 5.74) is 4.00. The molecule has 0 atom stereocenters. The van der Waals surface area contributed by atoms with Gasteiger partial charge in [0.05, 0.1) is 10.7 Å². The van der Waals surface area contributed by atoms with Crippen molar-refractivity contribution in [2.75, 3.05) is 5.32 Å². The Labute approximate surface area is 146 Å². The van der Waals surface area contributed by atoms with Crippen LogP contribution in [-0.2, 0) is 6.42 Å². The Morgan fingerprint density at radius 2 is 1.71 bits per heavy atom. The van der Waals surface area contributed by atoms with Crippen LogP contribution in [0.2, 0.25) is 0 Å². The maximum absolute atomic E-state index is 12.5. The smallest absolute Gasteiger partial charge is 0.267 e. The van der Waals surface area contributed by atoms with Gasteiger partial charge in [-0.05, 0) is 36.6 Å². The van der Waals surface area contributed by atoms with Crippen molar-refractivity contribution < 1.29 is 4.79 Å². The maximum atomic E-state index is 12.5. The zero-order valence-electron chi connectivity index (χ0n) is 13.9. The van der Waals surface area contributed by atoms with Gasteiger partial charge in [-0.3, -0.25) is 4.79 Å². The Morgan fingerprint density at radius 1 is 1.04 bits per heavy atom. The van der Waals surface area contributed by atoms with Crippen molar-refractivity contribution in [2.24, 2.45) is 0 Å². The number of benzene rings is 2. The van der Waals surface area contributed by atoms with Gasteiger partial charge in [-0.25, -0.2) is 4.98 Å². The van der Waals surface area contributed by atoms with E-state index in [-0.39, 0.29) is 5.91 Å². The van der Waals surface area contributed by atoms with Crippen molar-refractivity contribution >= 4 is 22.9 Å². The summed E-state index contributed by atoms with van der Waals surface area (Å²) in [7, 11) is 0. The first-order valence-electron chi connectivity index (χ1n) is 8.10. The lowest BCUT2D eigenvalue weighted by Gasteiger charge is -2.07. The maximum Gasteiger partial charge on any atom is 0.267 e. The molecule has 1 heterocycles. The minimum Gasteiger partial charge on any atom is -0.321 e. The van der Waals surface area contributed by atoms with E-state index < -0.39 is 0 Å². The third-order valence-corrected chi connectivity index (χ3v) is 4.76. The van der Waals surface area contributed by atoms with Crippen molar-refractivity contribution in [3.05, 3.63) is 70.2 Å². The minimum absolute atomic E-state index is 0.0727. The molecule has 122 valence electrons. The third-order valence-electron chi connectivity index (χ3n) is 3.75. The number of thiazole rings is 1. The number of rotatable bonds is 5. The number of carbonyl (C=O) groups excluding carboxylic acids is 1. The molecule has 3 aromatic rings. The Balaban J connectivity index is 1.75. The monoisotopic (exact) mass is 336 g/mol. The molecule has 2 aromatic carbocycles. The van der Waals surface area contributed by atoms with E-state index >= 15 is 0 Å². The highest BCUT2D eigenvalue weighted by atomic mass is 32.1. The fourth-order valence-electron chi connectivity index (χ4n) is 2.62. The third kappa shape index (κ3) is 3.71. The average molecular weight is 336 g/mol. The molecule has 0 bridgehead atoms. The molecule has 1 aromatic heterocycles. The summed E-state index contributed by atoms with van der Waals surface area (Å²) >= 11 is 1.46. The number of carbonyl (C=O) groups is 1. The molecule has 3 rings (SSSR count). The molecule has 1 N–H and O–H groups in total. The number of hydrogen-bond acceptors (Lipinski definition) is 3. The topological polar surface area (TPSA) is 42.0 Å². The normalized spacial score (nSPS) is 10.6. The number of hydrogen-bond donors (Lipinski definition) is 1. The van der Waals surface area contributed by atoms with Crippen LogP contribution in [0, 0.1) is 6.92 Å². The molecule has 0 saturated carbocycles. The minimum atomic E-state index is -0.0727. The van der Waals surface area contributed by atoms with Crippen LogP contribution in [-0.4, -0.2) is 10.9 Å². The SMILES string of the molecule is CCCc1nc(C)sc1C(=O)Nc1ccc(-c2ccccc2)cc1. The van der Waals surface area contributed by atoms with Gasteiger partial charge in [-0.15, -0.1) is 11.3 Å². The summed E-state index contributed by atoms with van der Waals surface area (Å²) in [6.07, 6.45) is 1.81. The van der Waals surface area contributed by atoms with Gasteiger partial charge in [0, 0.05) is 5.69 Å². The molecule has 0 saturated heterocycles. The summed E-state index contributed by atoms with van der Waals surface area (Å²) in [6, 6.07) is 18.1. The fourth-order valence-corrected chi connectivity index (χ4v) is 3.48. The van der Waals surface area contributed by atoms with E-state index in [1.807, 2.05) is 49.4 Å². The number of nitrogens with one attached hydrogen (secondary N) is 1. The quantitative estimate of drug-likeness (QED) is 0.685. The first-order chi connectivity index (χ1) is 11.7. The lowest BCUT2D eigenvalue weighted by atomic mass is 10.1. The molecule has 0 aliphatic rings. The van der Waals surface area contributed by atoms with Crippen LogP contribution < -0.4 is 5.32 Å². The van der Waals surface area contributed by atoms with E-state index in [1.54, 1.807) is 0 Å². The van der Waals surface area contributed by atoms with Crippen molar-refractivity contribution in [1.29, 1.82) is 0 Å². The van der Waals surface area contributed by atoms with Gasteiger partial charge in [-0.2, -0.15) is 0 Å². The highest BCUT2D eigenvalue weighted by Crippen LogP contribution is 2.23. The molecular formula is C20H20N2OS. The fraction of sp³-hybridized carbons (Fsp3) is 0.200.